The van der Waals surface area contributed by atoms with E-state index in [4.69, 9.17) is 12.2 Å². The Balaban J connectivity index is 1.70. The van der Waals surface area contributed by atoms with Gasteiger partial charge in [0.25, 0.3) is 0 Å². The second-order valence-electron chi connectivity index (χ2n) is 4.98. The van der Waals surface area contributed by atoms with E-state index in [0.29, 0.717) is 10.1 Å². The summed E-state index contributed by atoms with van der Waals surface area (Å²) < 4.78 is 0.637. The molecule has 1 N–H and O–H groups in total. The predicted molar refractivity (Wildman–Crippen MR) is 67.3 cm³/mol. The summed E-state index contributed by atoms with van der Waals surface area (Å²) in [6.45, 7) is 0. The van der Waals surface area contributed by atoms with Gasteiger partial charge in [-0.05, 0) is 37.3 Å². The molecule has 3 aliphatic carbocycles. The lowest BCUT2D eigenvalue weighted by Gasteiger charge is -2.60. The average molecular weight is 262 g/mol. The Morgan fingerprint density at radius 1 is 1.29 bits per heavy atom. The monoisotopic (exact) mass is 262 g/mol. The molecule has 0 amide bonds. The fourth-order valence-corrected chi connectivity index (χ4v) is 3.89. The van der Waals surface area contributed by atoms with Crippen LogP contribution in [0.25, 0.3) is 10.7 Å². The zero-order chi connectivity index (χ0) is 11.5. The zero-order valence-electron chi connectivity index (χ0n) is 9.01. The zero-order valence-corrected chi connectivity index (χ0v) is 10.6. The molecule has 3 saturated carbocycles. The Morgan fingerprint density at radius 3 is 2.71 bits per heavy atom. The van der Waals surface area contributed by atoms with Gasteiger partial charge in [0.2, 0.25) is 0 Å². The first kappa shape index (κ1) is 9.85. The van der Waals surface area contributed by atoms with Crippen LogP contribution in [0, 0.1) is 10.6 Å². The molecular weight excluding hydrogens is 252 g/mol. The molecule has 0 unspecified atom stereocenters. The van der Waals surface area contributed by atoms with Crippen LogP contribution in [-0.2, 0) is 5.41 Å². The Labute approximate surface area is 107 Å². The molecule has 0 saturated heterocycles. The van der Waals surface area contributed by atoms with Crippen molar-refractivity contribution < 1.29 is 0 Å². The van der Waals surface area contributed by atoms with Gasteiger partial charge in [0.05, 0.1) is 0 Å². The minimum Gasteiger partial charge on any atom is -0.267 e. The molecule has 0 aromatic carbocycles. The van der Waals surface area contributed by atoms with E-state index < -0.39 is 0 Å². The number of aromatic amines is 1. The SMILES string of the molecule is S=c1ccc(-c2nnc(C34CC(C3)C4)s2)n[nH]1. The molecule has 0 aliphatic heterocycles. The lowest BCUT2D eigenvalue weighted by atomic mass is 9.45. The van der Waals surface area contributed by atoms with E-state index in [-0.39, 0.29) is 0 Å². The van der Waals surface area contributed by atoms with Gasteiger partial charge < -0.3 is 0 Å². The van der Waals surface area contributed by atoms with Gasteiger partial charge >= 0.3 is 0 Å². The largest absolute Gasteiger partial charge is 0.267 e. The van der Waals surface area contributed by atoms with Crippen molar-refractivity contribution in [3.63, 3.8) is 0 Å². The summed E-state index contributed by atoms with van der Waals surface area (Å²) in [6.07, 6.45) is 3.94. The van der Waals surface area contributed by atoms with Crippen LogP contribution in [0.3, 0.4) is 0 Å². The molecule has 6 heteroatoms. The quantitative estimate of drug-likeness (QED) is 0.845. The van der Waals surface area contributed by atoms with Gasteiger partial charge in [0.1, 0.15) is 15.3 Å². The summed E-state index contributed by atoms with van der Waals surface area (Å²) in [4.78, 5) is 0. The third-order valence-corrected chi connectivity index (χ3v) is 5.23. The van der Waals surface area contributed by atoms with Crippen LogP contribution in [0.2, 0.25) is 0 Å². The van der Waals surface area contributed by atoms with E-state index >= 15 is 0 Å². The van der Waals surface area contributed by atoms with Crippen molar-refractivity contribution in [2.24, 2.45) is 5.92 Å². The van der Waals surface area contributed by atoms with Crippen LogP contribution >= 0.6 is 23.6 Å². The highest BCUT2D eigenvalue weighted by molar-refractivity contribution is 7.71. The highest BCUT2D eigenvalue weighted by Gasteiger charge is 2.59. The van der Waals surface area contributed by atoms with Crippen molar-refractivity contribution in [2.45, 2.75) is 24.7 Å². The van der Waals surface area contributed by atoms with Crippen LogP contribution in [-0.4, -0.2) is 20.4 Å². The number of H-pyrrole nitrogens is 1. The summed E-state index contributed by atoms with van der Waals surface area (Å²) in [5, 5.41) is 17.6. The minimum atomic E-state index is 0.391. The summed E-state index contributed by atoms with van der Waals surface area (Å²) in [7, 11) is 0. The molecule has 2 bridgehead atoms. The standard InChI is InChI=1S/C11H10N4S2/c16-8-2-1-7(12-13-8)9-14-15-10(17-9)11-3-6(4-11)5-11/h1-2,6H,3-5H2,(H,13,16). The van der Waals surface area contributed by atoms with Crippen LogP contribution in [0.4, 0.5) is 0 Å². The van der Waals surface area contributed by atoms with E-state index in [1.165, 1.54) is 24.3 Å². The maximum atomic E-state index is 4.97. The Kier molecular flexibility index (Phi) is 1.85. The van der Waals surface area contributed by atoms with Gasteiger partial charge in [-0.25, -0.2) is 0 Å². The number of nitrogens with one attached hydrogen (secondary N) is 1. The molecule has 4 nitrogen and oxygen atoms in total. The summed E-state index contributed by atoms with van der Waals surface area (Å²) in [5.74, 6) is 0.966. The van der Waals surface area contributed by atoms with Crippen molar-refractivity contribution in [3.05, 3.63) is 21.8 Å². The maximum absolute atomic E-state index is 4.97. The van der Waals surface area contributed by atoms with Gasteiger partial charge in [0.15, 0.2) is 5.01 Å². The fraction of sp³-hybridized carbons (Fsp3) is 0.455. The third-order valence-electron chi connectivity index (χ3n) is 3.82. The Bertz CT molecular complexity index is 607. The summed E-state index contributed by atoms with van der Waals surface area (Å²) in [5.41, 5.74) is 1.22. The fourth-order valence-electron chi connectivity index (χ4n) is 2.74. The molecule has 17 heavy (non-hydrogen) atoms. The number of hydrogen-bond acceptors (Lipinski definition) is 5. The van der Waals surface area contributed by atoms with Crippen molar-refractivity contribution in [1.29, 1.82) is 0 Å². The van der Waals surface area contributed by atoms with E-state index in [0.717, 1.165) is 16.6 Å². The summed E-state index contributed by atoms with van der Waals surface area (Å²) in [6, 6.07) is 3.73. The van der Waals surface area contributed by atoms with E-state index in [9.17, 15) is 0 Å². The molecule has 86 valence electrons. The normalized spacial score (nSPS) is 29.5. The number of hydrogen-bond donors (Lipinski definition) is 1. The van der Waals surface area contributed by atoms with Gasteiger partial charge in [0, 0.05) is 5.41 Å². The van der Waals surface area contributed by atoms with Gasteiger partial charge in [-0.2, -0.15) is 5.10 Å². The molecule has 0 radical (unpaired) electrons. The maximum Gasteiger partial charge on any atom is 0.168 e. The molecule has 2 aromatic heterocycles. The van der Waals surface area contributed by atoms with E-state index in [2.05, 4.69) is 20.4 Å². The van der Waals surface area contributed by atoms with Gasteiger partial charge in [-0.3, -0.25) is 5.10 Å². The predicted octanol–water partition coefficient (Wildman–Crippen LogP) is 2.71. The highest BCUT2D eigenvalue weighted by Crippen LogP contribution is 2.65. The highest BCUT2D eigenvalue weighted by atomic mass is 32.1. The average Bonchev–Trinajstić information content (AvgIpc) is 2.63. The first-order valence-corrected chi connectivity index (χ1v) is 6.88. The van der Waals surface area contributed by atoms with Crippen LogP contribution in [0.1, 0.15) is 24.3 Å². The molecule has 2 heterocycles. The first-order valence-electron chi connectivity index (χ1n) is 5.65. The lowest BCUT2D eigenvalue weighted by Crippen LogP contribution is -2.55. The Hall–Kier alpha value is -1.14. The van der Waals surface area contributed by atoms with Crippen LogP contribution in [0.5, 0.6) is 0 Å². The van der Waals surface area contributed by atoms with Crippen molar-refractivity contribution in [2.75, 3.05) is 0 Å². The molecule has 3 fully saturated rings. The first-order chi connectivity index (χ1) is 8.25. The van der Waals surface area contributed by atoms with Crippen molar-refractivity contribution in [3.8, 4) is 10.7 Å². The van der Waals surface area contributed by atoms with Crippen LogP contribution < -0.4 is 0 Å². The van der Waals surface area contributed by atoms with E-state index in [1.54, 1.807) is 11.3 Å². The molecule has 0 spiro atoms. The molecule has 0 atom stereocenters. The third kappa shape index (κ3) is 1.34. The number of aromatic nitrogens is 4. The second kappa shape index (κ2) is 3.20. The molecular formula is C11H10N4S2. The molecule has 5 rings (SSSR count). The van der Waals surface area contributed by atoms with Crippen molar-refractivity contribution >= 4 is 23.6 Å². The number of rotatable bonds is 2. The van der Waals surface area contributed by atoms with Crippen LogP contribution in [0.15, 0.2) is 12.1 Å². The lowest BCUT2D eigenvalue weighted by molar-refractivity contribution is -0.0280. The minimum absolute atomic E-state index is 0.391. The number of nitrogens with zero attached hydrogens (tertiary/aromatic N) is 3. The Morgan fingerprint density at radius 2 is 2.12 bits per heavy atom. The summed E-state index contributed by atoms with van der Waals surface area (Å²) >= 11 is 6.64. The molecule has 3 aliphatic rings. The van der Waals surface area contributed by atoms with Crippen molar-refractivity contribution in [1.82, 2.24) is 20.4 Å². The van der Waals surface area contributed by atoms with Gasteiger partial charge in [-0.1, -0.05) is 23.6 Å². The second-order valence-corrected chi connectivity index (χ2v) is 6.39. The smallest absolute Gasteiger partial charge is 0.168 e. The topological polar surface area (TPSA) is 54.5 Å². The molecule has 2 aromatic rings. The van der Waals surface area contributed by atoms with E-state index in [1.807, 2.05) is 12.1 Å². The van der Waals surface area contributed by atoms with Gasteiger partial charge in [-0.15, -0.1) is 10.2 Å².